The van der Waals surface area contributed by atoms with E-state index in [1.54, 1.807) is 48.5 Å². The van der Waals surface area contributed by atoms with Gasteiger partial charge < -0.3 is 21.3 Å². The molecule has 40 heavy (non-hydrogen) atoms. The maximum atomic E-state index is 12.6. The summed E-state index contributed by atoms with van der Waals surface area (Å²) in [7, 11) is 0. The first-order valence-corrected chi connectivity index (χ1v) is 14.2. The van der Waals surface area contributed by atoms with Gasteiger partial charge in [-0.1, -0.05) is 49.9 Å². The van der Waals surface area contributed by atoms with Crippen molar-refractivity contribution in [3.05, 3.63) is 59.7 Å². The van der Waals surface area contributed by atoms with Gasteiger partial charge in [-0.15, -0.1) is 0 Å². The maximum absolute atomic E-state index is 12.6. The van der Waals surface area contributed by atoms with Crippen molar-refractivity contribution in [2.24, 2.45) is 0 Å². The van der Waals surface area contributed by atoms with Crippen molar-refractivity contribution in [2.45, 2.75) is 104 Å². The predicted octanol–water partition coefficient (Wildman–Crippen LogP) is 6.44. The highest BCUT2D eigenvalue weighted by molar-refractivity contribution is 6.04. The third-order valence-electron chi connectivity index (χ3n) is 5.93. The Bertz CT molecular complexity index is 1070. The van der Waals surface area contributed by atoms with Crippen LogP contribution in [0.15, 0.2) is 48.5 Å². The number of unbranched alkanes of at least 4 members (excludes halogenated alkanes) is 5. The molecule has 0 saturated carbocycles. The van der Waals surface area contributed by atoms with Crippen LogP contribution in [0.1, 0.15) is 114 Å². The van der Waals surface area contributed by atoms with Crippen LogP contribution in [0.5, 0.6) is 0 Å². The number of amides is 4. The molecule has 0 spiro atoms. The van der Waals surface area contributed by atoms with Crippen molar-refractivity contribution in [1.82, 2.24) is 10.6 Å². The van der Waals surface area contributed by atoms with E-state index in [2.05, 4.69) is 21.3 Å². The summed E-state index contributed by atoms with van der Waals surface area (Å²) in [5, 5.41) is 11.6. The average Bonchev–Trinajstić information content (AvgIpc) is 2.84. The van der Waals surface area contributed by atoms with Gasteiger partial charge in [0, 0.05) is 23.9 Å². The Balaban J connectivity index is 1.65. The normalized spacial score (nSPS) is 11.4. The van der Waals surface area contributed by atoms with Gasteiger partial charge in [0.05, 0.1) is 22.5 Å². The van der Waals surface area contributed by atoms with Gasteiger partial charge in [-0.25, -0.2) is 0 Å². The second kappa shape index (κ2) is 15.2. The van der Waals surface area contributed by atoms with E-state index >= 15 is 0 Å². The van der Waals surface area contributed by atoms with Crippen LogP contribution in [0.4, 0.5) is 11.4 Å². The molecular formula is C32H46N4O4. The molecule has 0 aliphatic carbocycles. The van der Waals surface area contributed by atoms with Gasteiger partial charge in [0.2, 0.25) is 11.8 Å². The van der Waals surface area contributed by atoms with Crippen molar-refractivity contribution < 1.29 is 19.2 Å². The van der Waals surface area contributed by atoms with E-state index in [0.29, 0.717) is 35.3 Å². The summed E-state index contributed by atoms with van der Waals surface area (Å²) in [6.07, 6.45) is 6.10. The highest BCUT2D eigenvalue weighted by atomic mass is 16.2. The molecule has 0 aliphatic rings. The Morgan fingerprint density at radius 2 is 0.850 bits per heavy atom. The number of hydrogen-bond donors (Lipinski definition) is 4. The molecule has 0 aliphatic heterocycles. The molecule has 0 unspecified atom stereocenters. The minimum atomic E-state index is -0.368. The quantitative estimate of drug-likeness (QED) is 0.215. The van der Waals surface area contributed by atoms with E-state index in [1.165, 1.54) is 0 Å². The van der Waals surface area contributed by atoms with E-state index in [0.717, 1.165) is 38.5 Å². The van der Waals surface area contributed by atoms with Gasteiger partial charge in [0.1, 0.15) is 0 Å². The molecule has 0 radical (unpaired) electrons. The van der Waals surface area contributed by atoms with Crippen molar-refractivity contribution in [3.63, 3.8) is 0 Å². The van der Waals surface area contributed by atoms with Crippen molar-refractivity contribution in [3.8, 4) is 0 Å². The summed E-state index contributed by atoms with van der Waals surface area (Å²) in [6.45, 7) is 11.5. The topological polar surface area (TPSA) is 116 Å². The third kappa shape index (κ3) is 12.5. The van der Waals surface area contributed by atoms with Gasteiger partial charge in [-0.05, 0) is 78.6 Å². The van der Waals surface area contributed by atoms with E-state index < -0.39 is 0 Å². The second-order valence-electron chi connectivity index (χ2n) is 12.2. The molecule has 0 atom stereocenters. The second-order valence-corrected chi connectivity index (χ2v) is 12.2. The fourth-order valence-electron chi connectivity index (χ4n) is 4.10. The molecule has 0 heterocycles. The molecule has 0 saturated heterocycles. The monoisotopic (exact) mass is 550 g/mol. The fourth-order valence-corrected chi connectivity index (χ4v) is 4.10. The Hall–Kier alpha value is -3.68. The first-order chi connectivity index (χ1) is 18.7. The lowest BCUT2D eigenvalue weighted by Crippen LogP contribution is -2.40. The standard InChI is InChI=1S/C32H46N4O4/c1-31(2,3)35-29(39)23-17-13-15-19-25(23)33-27(37)21-11-9-7-8-10-12-22-28(38)34-26-20-16-14-18-24(26)30(40)36-32(4,5)6/h13-20H,7-12,21-22H2,1-6H3,(H,33,37)(H,34,38)(H,35,39)(H,36,40). The first kappa shape index (κ1) is 32.5. The van der Waals surface area contributed by atoms with Crippen LogP contribution in [-0.2, 0) is 9.59 Å². The maximum Gasteiger partial charge on any atom is 0.253 e. The molecule has 4 N–H and O–H groups in total. The summed E-state index contributed by atoms with van der Waals surface area (Å²) < 4.78 is 0. The average molecular weight is 551 g/mol. The lowest BCUT2D eigenvalue weighted by atomic mass is 10.1. The predicted molar refractivity (Wildman–Crippen MR) is 162 cm³/mol. The molecule has 4 amide bonds. The molecule has 2 aromatic rings. The molecule has 8 heteroatoms. The largest absolute Gasteiger partial charge is 0.347 e. The van der Waals surface area contributed by atoms with Gasteiger partial charge in [-0.2, -0.15) is 0 Å². The number of benzene rings is 2. The van der Waals surface area contributed by atoms with E-state index in [-0.39, 0.29) is 34.7 Å². The minimum absolute atomic E-state index is 0.107. The number of carbonyl (C=O) groups excluding carboxylic acids is 4. The fraction of sp³-hybridized carbons (Fsp3) is 0.500. The van der Waals surface area contributed by atoms with E-state index in [1.807, 2.05) is 41.5 Å². The zero-order chi connectivity index (χ0) is 29.8. The summed E-state index contributed by atoms with van der Waals surface area (Å²) in [5.74, 6) is -0.645. The minimum Gasteiger partial charge on any atom is -0.347 e. The molecule has 218 valence electrons. The molecule has 2 rings (SSSR count). The van der Waals surface area contributed by atoms with Gasteiger partial charge in [0.25, 0.3) is 11.8 Å². The molecule has 0 bridgehead atoms. The molecular weight excluding hydrogens is 504 g/mol. The van der Waals surface area contributed by atoms with E-state index in [4.69, 9.17) is 0 Å². The van der Waals surface area contributed by atoms with Crippen LogP contribution < -0.4 is 21.3 Å². The van der Waals surface area contributed by atoms with Crippen LogP contribution in [0, 0.1) is 0 Å². The SMILES string of the molecule is CC(C)(C)NC(=O)c1ccccc1NC(=O)CCCCCCCCC(=O)Nc1ccccc1C(=O)NC(C)(C)C. The summed E-state index contributed by atoms with van der Waals surface area (Å²) >= 11 is 0. The molecule has 0 aromatic heterocycles. The summed E-state index contributed by atoms with van der Waals surface area (Å²) in [5.41, 5.74) is 1.20. The Labute approximate surface area is 239 Å². The van der Waals surface area contributed by atoms with Gasteiger partial charge in [-0.3, -0.25) is 19.2 Å². The number of hydrogen-bond acceptors (Lipinski definition) is 4. The number of anilines is 2. The van der Waals surface area contributed by atoms with Crippen LogP contribution >= 0.6 is 0 Å². The number of rotatable bonds is 13. The van der Waals surface area contributed by atoms with E-state index in [9.17, 15) is 19.2 Å². The van der Waals surface area contributed by atoms with Crippen LogP contribution in [0.3, 0.4) is 0 Å². The smallest absolute Gasteiger partial charge is 0.253 e. The van der Waals surface area contributed by atoms with Crippen LogP contribution in [0.25, 0.3) is 0 Å². The molecule has 8 nitrogen and oxygen atoms in total. The third-order valence-corrected chi connectivity index (χ3v) is 5.93. The molecule has 0 fully saturated rings. The van der Waals surface area contributed by atoms with Crippen molar-refractivity contribution in [2.75, 3.05) is 10.6 Å². The summed E-state index contributed by atoms with van der Waals surface area (Å²) in [4.78, 5) is 50.0. The Morgan fingerprint density at radius 1 is 0.525 bits per heavy atom. The van der Waals surface area contributed by atoms with Crippen LogP contribution in [0.2, 0.25) is 0 Å². The van der Waals surface area contributed by atoms with Gasteiger partial charge in [0.15, 0.2) is 0 Å². The lowest BCUT2D eigenvalue weighted by molar-refractivity contribution is -0.117. The van der Waals surface area contributed by atoms with Crippen molar-refractivity contribution >= 4 is 35.0 Å². The van der Waals surface area contributed by atoms with Crippen molar-refractivity contribution in [1.29, 1.82) is 0 Å². The highest BCUT2D eigenvalue weighted by Gasteiger charge is 2.19. The Morgan fingerprint density at radius 3 is 1.20 bits per heavy atom. The first-order valence-electron chi connectivity index (χ1n) is 14.2. The highest BCUT2D eigenvalue weighted by Crippen LogP contribution is 2.19. The zero-order valence-electron chi connectivity index (χ0n) is 24.9. The lowest BCUT2D eigenvalue weighted by Gasteiger charge is -2.21. The molecule has 2 aromatic carbocycles. The number of para-hydroxylation sites is 2. The number of carbonyl (C=O) groups is 4. The van der Waals surface area contributed by atoms with Gasteiger partial charge >= 0.3 is 0 Å². The van der Waals surface area contributed by atoms with Crippen LogP contribution in [-0.4, -0.2) is 34.7 Å². The Kier molecular flexibility index (Phi) is 12.4. The zero-order valence-corrected chi connectivity index (χ0v) is 24.9. The number of nitrogens with one attached hydrogen (secondary N) is 4. The summed E-state index contributed by atoms with van der Waals surface area (Å²) in [6, 6.07) is 14.1.